The van der Waals surface area contributed by atoms with Gasteiger partial charge in [-0.2, -0.15) is 0 Å². The highest BCUT2D eigenvalue weighted by Crippen LogP contribution is 2.28. The van der Waals surface area contributed by atoms with Crippen LogP contribution in [0.2, 0.25) is 0 Å². The highest BCUT2D eigenvalue weighted by atomic mass is 16.5. The minimum absolute atomic E-state index is 0.139. The lowest BCUT2D eigenvalue weighted by Gasteiger charge is -2.36. The molecule has 2 N–H and O–H groups in total. The molecule has 1 aromatic rings. The third-order valence-electron chi connectivity index (χ3n) is 5.39. The summed E-state index contributed by atoms with van der Waals surface area (Å²) in [5.74, 6) is 2.15. The summed E-state index contributed by atoms with van der Waals surface area (Å²) >= 11 is 0. The van der Waals surface area contributed by atoms with Gasteiger partial charge in [-0.05, 0) is 37.5 Å². The van der Waals surface area contributed by atoms with E-state index in [0.29, 0.717) is 5.91 Å². The average molecular weight is 347 g/mol. The van der Waals surface area contributed by atoms with Crippen LogP contribution in [0.3, 0.4) is 0 Å². The van der Waals surface area contributed by atoms with E-state index in [9.17, 15) is 4.79 Å². The van der Waals surface area contributed by atoms with Gasteiger partial charge >= 0.3 is 0 Å². The number of nitrogens with zero attached hydrogens (tertiary/aromatic N) is 2. The Kier molecular flexibility index (Phi) is 5.81. The molecule has 2 atom stereocenters. The van der Waals surface area contributed by atoms with Crippen molar-refractivity contribution in [3.63, 3.8) is 0 Å². The van der Waals surface area contributed by atoms with Crippen LogP contribution < -0.4 is 15.2 Å². The molecule has 1 saturated carbocycles. The molecule has 0 spiro atoms. The van der Waals surface area contributed by atoms with Crippen LogP contribution in [-0.2, 0) is 11.3 Å². The maximum Gasteiger partial charge on any atom is 0.225 e. The van der Waals surface area contributed by atoms with Crippen LogP contribution in [-0.4, -0.2) is 62.1 Å². The maximum atomic E-state index is 12.6. The molecule has 0 bridgehead atoms. The number of nitrogens with two attached hydrogens (primary N) is 1. The predicted molar refractivity (Wildman–Crippen MR) is 96.7 cm³/mol. The molecule has 0 aromatic heterocycles. The molecule has 25 heavy (non-hydrogen) atoms. The molecular formula is C19H29N3O3. The Bertz CT molecular complexity index is 600. The molecule has 0 radical (unpaired) electrons. The smallest absolute Gasteiger partial charge is 0.225 e. The molecule has 1 aliphatic carbocycles. The van der Waals surface area contributed by atoms with Crippen molar-refractivity contribution in [2.75, 3.05) is 40.4 Å². The zero-order valence-corrected chi connectivity index (χ0v) is 15.2. The average Bonchev–Trinajstić information content (AvgIpc) is 3.08. The van der Waals surface area contributed by atoms with Gasteiger partial charge < -0.3 is 20.1 Å². The van der Waals surface area contributed by atoms with E-state index in [1.807, 2.05) is 23.1 Å². The van der Waals surface area contributed by atoms with E-state index < -0.39 is 0 Å². The molecule has 1 aromatic carbocycles. The van der Waals surface area contributed by atoms with Crippen molar-refractivity contribution in [3.05, 3.63) is 23.8 Å². The zero-order valence-electron chi connectivity index (χ0n) is 15.2. The number of carbonyl (C=O) groups excluding carboxylic acids is 1. The summed E-state index contributed by atoms with van der Waals surface area (Å²) in [6, 6.07) is 6.08. The van der Waals surface area contributed by atoms with Crippen LogP contribution in [0.5, 0.6) is 11.5 Å². The summed E-state index contributed by atoms with van der Waals surface area (Å²) in [6.45, 7) is 4.14. The summed E-state index contributed by atoms with van der Waals surface area (Å²) in [7, 11) is 3.36. The van der Waals surface area contributed by atoms with Gasteiger partial charge in [0.15, 0.2) is 0 Å². The number of rotatable bonds is 5. The Morgan fingerprint density at radius 1 is 1.16 bits per heavy atom. The Balaban J connectivity index is 1.55. The Labute approximate surface area is 149 Å². The van der Waals surface area contributed by atoms with Crippen molar-refractivity contribution in [1.82, 2.24) is 9.80 Å². The molecule has 1 amide bonds. The third-order valence-corrected chi connectivity index (χ3v) is 5.39. The van der Waals surface area contributed by atoms with Crippen LogP contribution in [0.1, 0.15) is 24.8 Å². The largest absolute Gasteiger partial charge is 0.497 e. The van der Waals surface area contributed by atoms with Crippen LogP contribution >= 0.6 is 0 Å². The number of amides is 1. The number of benzene rings is 1. The summed E-state index contributed by atoms with van der Waals surface area (Å²) in [6.07, 6.45) is 2.77. The topological polar surface area (TPSA) is 68.0 Å². The number of hydrogen-bond acceptors (Lipinski definition) is 5. The van der Waals surface area contributed by atoms with Gasteiger partial charge in [-0.15, -0.1) is 0 Å². The second-order valence-electron chi connectivity index (χ2n) is 7.05. The van der Waals surface area contributed by atoms with Crippen LogP contribution in [0.4, 0.5) is 0 Å². The number of carbonyl (C=O) groups is 1. The van der Waals surface area contributed by atoms with E-state index in [1.165, 1.54) is 0 Å². The first-order valence-electron chi connectivity index (χ1n) is 9.08. The van der Waals surface area contributed by atoms with Gasteiger partial charge in [-0.1, -0.05) is 0 Å². The van der Waals surface area contributed by atoms with E-state index >= 15 is 0 Å². The van der Waals surface area contributed by atoms with Crippen molar-refractivity contribution in [3.8, 4) is 11.5 Å². The van der Waals surface area contributed by atoms with Gasteiger partial charge in [0.05, 0.1) is 14.2 Å². The van der Waals surface area contributed by atoms with E-state index in [1.54, 1.807) is 14.2 Å². The van der Waals surface area contributed by atoms with Crippen LogP contribution in [0.25, 0.3) is 0 Å². The summed E-state index contributed by atoms with van der Waals surface area (Å²) in [5.41, 5.74) is 7.06. The number of ether oxygens (including phenoxy) is 2. The monoisotopic (exact) mass is 347 g/mol. The zero-order chi connectivity index (χ0) is 17.8. The number of methoxy groups -OCH3 is 2. The SMILES string of the molecule is COc1ccc(OC)c(CN2CCN(C(=O)C3CCC(N)C3)CC2)c1. The fourth-order valence-corrected chi connectivity index (χ4v) is 3.87. The normalized spacial score (nSPS) is 24.4. The lowest BCUT2D eigenvalue weighted by Crippen LogP contribution is -2.49. The molecule has 1 aliphatic heterocycles. The van der Waals surface area contributed by atoms with Crippen molar-refractivity contribution >= 4 is 5.91 Å². The minimum Gasteiger partial charge on any atom is -0.497 e. The van der Waals surface area contributed by atoms with Gasteiger partial charge in [-0.3, -0.25) is 9.69 Å². The molecule has 1 saturated heterocycles. The lowest BCUT2D eigenvalue weighted by atomic mass is 10.1. The number of hydrogen-bond donors (Lipinski definition) is 1. The van der Waals surface area contributed by atoms with E-state index in [0.717, 1.165) is 69.0 Å². The van der Waals surface area contributed by atoms with Crippen molar-refractivity contribution in [1.29, 1.82) is 0 Å². The van der Waals surface area contributed by atoms with E-state index in [-0.39, 0.29) is 12.0 Å². The fourth-order valence-electron chi connectivity index (χ4n) is 3.87. The third kappa shape index (κ3) is 4.25. The quantitative estimate of drug-likeness (QED) is 0.874. The lowest BCUT2D eigenvalue weighted by molar-refractivity contribution is -0.137. The maximum absolute atomic E-state index is 12.6. The van der Waals surface area contributed by atoms with Gasteiger partial charge in [0.25, 0.3) is 0 Å². The predicted octanol–water partition coefficient (Wildman–Crippen LogP) is 1.48. The van der Waals surface area contributed by atoms with Crippen molar-refractivity contribution in [2.45, 2.75) is 31.8 Å². The van der Waals surface area contributed by atoms with Crippen LogP contribution in [0, 0.1) is 5.92 Å². The first-order chi connectivity index (χ1) is 12.1. The fraction of sp³-hybridized carbons (Fsp3) is 0.632. The molecule has 2 fully saturated rings. The number of piperazine rings is 1. The summed E-state index contributed by atoms with van der Waals surface area (Å²) < 4.78 is 10.8. The second kappa shape index (κ2) is 8.06. The van der Waals surface area contributed by atoms with Crippen molar-refractivity contribution < 1.29 is 14.3 Å². The second-order valence-corrected chi connectivity index (χ2v) is 7.05. The molecule has 3 rings (SSSR count). The molecule has 2 aliphatic rings. The minimum atomic E-state index is 0.139. The highest BCUT2D eigenvalue weighted by molar-refractivity contribution is 5.79. The Hall–Kier alpha value is -1.79. The molecule has 2 unspecified atom stereocenters. The van der Waals surface area contributed by atoms with E-state index in [4.69, 9.17) is 15.2 Å². The van der Waals surface area contributed by atoms with Crippen molar-refractivity contribution in [2.24, 2.45) is 11.7 Å². The highest BCUT2D eigenvalue weighted by Gasteiger charge is 2.32. The van der Waals surface area contributed by atoms with Gasteiger partial charge in [0.1, 0.15) is 11.5 Å². The van der Waals surface area contributed by atoms with Gasteiger partial charge in [0, 0.05) is 50.2 Å². The van der Waals surface area contributed by atoms with Gasteiger partial charge in [0.2, 0.25) is 5.91 Å². The molecule has 6 nitrogen and oxygen atoms in total. The summed E-state index contributed by atoms with van der Waals surface area (Å²) in [5, 5.41) is 0. The Morgan fingerprint density at radius 3 is 2.52 bits per heavy atom. The molecular weight excluding hydrogens is 318 g/mol. The Morgan fingerprint density at radius 2 is 1.92 bits per heavy atom. The molecule has 1 heterocycles. The van der Waals surface area contributed by atoms with Crippen LogP contribution in [0.15, 0.2) is 18.2 Å². The summed E-state index contributed by atoms with van der Waals surface area (Å²) in [4.78, 5) is 17.0. The first-order valence-corrected chi connectivity index (χ1v) is 9.08. The van der Waals surface area contributed by atoms with Gasteiger partial charge in [-0.25, -0.2) is 0 Å². The first kappa shape index (κ1) is 18.0. The molecule has 138 valence electrons. The standard InChI is InChI=1S/C19H29N3O3/c1-24-17-5-6-18(25-2)15(12-17)13-21-7-9-22(10-8-21)19(23)14-3-4-16(20)11-14/h5-6,12,14,16H,3-4,7-11,13,20H2,1-2H3. The van der Waals surface area contributed by atoms with E-state index in [2.05, 4.69) is 4.90 Å². The molecule has 6 heteroatoms.